The lowest BCUT2D eigenvalue weighted by Crippen LogP contribution is -2.49. The Kier molecular flexibility index (Phi) is 3.56. The maximum absolute atomic E-state index is 13.9. The molecule has 19 heavy (non-hydrogen) atoms. The largest absolute Gasteiger partial charge is 0.394 e. The van der Waals surface area contributed by atoms with E-state index in [2.05, 4.69) is 10.2 Å². The Morgan fingerprint density at radius 3 is 3.05 bits per heavy atom. The van der Waals surface area contributed by atoms with E-state index in [0.29, 0.717) is 0 Å². The Hall–Kier alpha value is -0.970. The van der Waals surface area contributed by atoms with Crippen LogP contribution in [0, 0.1) is 5.82 Å². The first kappa shape index (κ1) is 13.0. The molecule has 0 amide bonds. The quantitative estimate of drug-likeness (QED) is 0.844. The van der Waals surface area contributed by atoms with Crippen molar-refractivity contribution in [2.75, 3.05) is 32.8 Å². The van der Waals surface area contributed by atoms with Crippen LogP contribution in [0.5, 0.6) is 0 Å². The summed E-state index contributed by atoms with van der Waals surface area (Å²) in [6.07, 6.45) is 2.62. The summed E-state index contributed by atoms with van der Waals surface area (Å²) in [4.78, 5) is 2.35. The van der Waals surface area contributed by atoms with E-state index in [1.54, 1.807) is 6.07 Å². The summed E-state index contributed by atoms with van der Waals surface area (Å²) >= 11 is 0. The summed E-state index contributed by atoms with van der Waals surface area (Å²) in [5.41, 5.74) is 1.43. The lowest BCUT2D eigenvalue weighted by atomic mass is 9.90. The van der Waals surface area contributed by atoms with Crippen molar-refractivity contribution < 1.29 is 9.50 Å². The van der Waals surface area contributed by atoms with Crippen LogP contribution in [0.15, 0.2) is 18.2 Å². The Morgan fingerprint density at radius 2 is 2.21 bits per heavy atom. The van der Waals surface area contributed by atoms with Crippen LogP contribution >= 0.6 is 0 Å². The van der Waals surface area contributed by atoms with Crippen LogP contribution in [0.3, 0.4) is 0 Å². The number of hydrogen-bond donors (Lipinski definition) is 2. The standard InChI is InChI=1S/C15H21FN2O/c16-14-4-1-3-13-12(14)5-6-15(13,11-19)18-9-2-7-17-8-10-18/h1,3-4,17,19H,2,5-11H2. The Balaban J connectivity index is 1.99. The van der Waals surface area contributed by atoms with Gasteiger partial charge in [0.15, 0.2) is 0 Å². The average Bonchev–Trinajstić information content (AvgIpc) is 2.62. The molecule has 1 aromatic rings. The van der Waals surface area contributed by atoms with Gasteiger partial charge in [0.1, 0.15) is 5.82 Å². The first-order valence-electron chi connectivity index (χ1n) is 7.12. The van der Waals surface area contributed by atoms with Crippen LogP contribution in [0.4, 0.5) is 4.39 Å². The SMILES string of the molecule is OCC1(N2CCCNCC2)CCc2c(F)cccc21. The molecule has 0 bridgehead atoms. The molecular weight excluding hydrogens is 243 g/mol. The van der Waals surface area contributed by atoms with Gasteiger partial charge in [0.25, 0.3) is 0 Å². The Bertz CT molecular complexity index is 457. The zero-order valence-corrected chi connectivity index (χ0v) is 11.2. The summed E-state index contributed by atoms with van der Waals surface area (Å²) in [5.74, 6) is -0.124. The predicted molar refractivity (Wildman–Crippen MR) is 72.5 cm³/mol. The van der Waals surface area contributed by atoms with Gasteiger partial charge in [-0.2, -0.15) is 0 Å². The maximum atomic E-state index is 13.9. The van der Waals surface area contributed by atoms with Crippen molar-refractivity contribution in [3.63, 3.8) is 0 Å². The molecule has 1 saturated heterocycles. The van der Waals surface area contributed by atoms with Crippen LogP contribution in [0.25, 0.3) is 0 Å². The minimum atomic E-state index is -0.372. The zero-order valence-electron chi connectivity index (χ0n) is 11.2. The number of hydrogen-bond acceptors (Lipinski definition) is 3. The van der Waals surface area contributed by atoms with Crippen molar-refractivity contribution in [2.24, 2.45) is 0 Å². The molecule has 0 aromatic heterocycles. The van der Waals surface area contributed by atoms with Crippen LogP contribution in [-0.4, -0.2) is 42.8 Å². The molecule has 1 heterocycles. The first-order chi connectivity index (χ1) is 9.28. The van der Waals surface area contributed by atoms with E-state index >= 15 is 0 Å². The van der Waals surface area contributed by atoms with Crippen molar-refractivity contribution in [2.45, 2.75) is 24.8 Å². The molecule has 1 aromatic carbocycles. The van der Waals surface area contributed by atoms with Crippen LogP contribution in [0.1, 0.15) is 24.0 Å². The highest BCUT2D eigenvalue weighted by atomic mass is 19.1. The van der Waals surface area contributed by atoms with E-state index in [-0.39, 0.29) is 18.0 Å². The second-order valence-electron chi connectivity index (χ2n) is 5.55. The second kappa shape index (κ2) is 5.19. The van der Waals surface area contributed by atoms with Crippen molar-refractivity contribution >= 4 is 0 Å². The summed E-state index contributed by atoms with van der Waals surface area (Å²) in [7, 11) is 0. The molecule has 0 radical (unpaired) electrons. The number of aliphatic hydroxyl groups is 1. The van der Waals surface area contributed by atoms with Gasteiger partial charge in [-0.15, -0.1) is 0 Å². The molecule has 3 nitrogen and oxygen atoms in total. The first-order valence-corrected chi connectivity index (χ1v) is 7.12. The zero-order chi connectivity index (χ0) is 13.3. The second-order valence-corrected chi connectivity index (χ2v) is 5.55. The molecule has 104 valence electrons. The van der Waals surface area contributed by atoms with E-state index in [1.807, 2.05) is 6.07 Å². The van der Waals surface area contributed by atoms with E-state index in [4.69, 9.17) is 0 Å². The topological polar surface area (TPSA) is 35.5 Å². The third-order valence-electron chi connectivity index (χ3n) is 4.62. The number of rotatable bonds is 2. The van der Waals surface area contributed by atoms with E-state index in [9.17, 15) is 9.50 Å². The van der Waals surface area contributed by atoms with Crippen molar-refractivity contribution in [1.82, 2.24) is 10.2 Å². The lowest BCUT2D eigenvalue weighted by molar-refractivity contribution is 0.0314. The Labute approximate surface area is 113 Å². The number of aliphatic hydroxyl groups excluding tert-OH is 1. The summed E-state index contributed by atoms with van der Waals surface area (Å²) in [6.45, 7) is 3.91. The normalized spacial score (nSPS) is 28.1. The van der Waals surface area contributed by atoms with Crippen molar-refractivity contribution in [3.8, 4) is 0 Å². The fourth-order valence-electron chi connectivity index (χ4n) is 3.58. The minimum absolute atomic E-state index is 0.0729. The van der Waals surface area contributed by atoms with E-state index in [0.717, 1.165) is 56.6 Å². The molecule has 0 spiro atoms. The molecular formula is C15H21FN2O. The third-order valence-corrected chi connectivity index (χ3v) is 4.62. The number of halogens is 1. The molecule has 4 heteroatoms. The van der Waals surface area contributed by atoms with Crippen molar-refractivity contribution in [3.05, 3.63) is 35.1 Å². The molecule has 2 N–H and O–H groups in total. The number of nitrogens with one attached hydrogen (secondary N) is 1. The van der Waals surface area contributed by atoms with Gasteiger partial charge in [-0.05, 0) is 43.0 Å². The molecule has 1 unspecified atom stereocenters. The van der Waals surface area contributed by atoms with Gasteiger partial charge in [0, 0.05) is 19.6 Å². The predicted octanol–water partition coefficient (Wildman–Crippen LogP) is 1.25. The highest BCUT2D eigenvalue weighted by Gasteiger charge is 2.44. The number of fused-ring (bicyclic) bond motifs is 1. The average molecular weight is 264 g/mol. The summed E-state index contributed by atoms with van der Waals surface area (Å²) in [6, 6.07) is 5.27. The monoisotopic (exact) mass is 264 g/mol. The molecule has 1 aliphatic heterocycles. The molecule has 3 rings (SSSR count). The van der Waals surface area contributed by atoms with Gasteiger partial charge in [-0.1, -0.05) is 12.1 Å². The highest BCUT2D eigenvalue weighted by molar-refractivity contribution is 5.40. The lowest BCUT2D eigenvalue weighted by Gasteiger charge is -2.40. The van der Waals surface area contributed by atoms with Gasteiger partial charge in [0.2, 0.25) is 0 Å². The Morgan fingerprint density at radius 1 is 1.32 bits per heavy atom. The molecule has 0 saturated carbocycles. The molecule has 1 atom stereocenters. The molecule has 1 aliphatic carbocycles. The molecule has 1 fully saturated rings. The fourth-order valence-corrected chi connectivity index (χ4v) is 3.58. The van der Waals surface area contributed by atoms with Gasteiger partial charge < -0.3 is 10.4 Å². The summed E-state index contributed by atoms with van der Waals surface area (Å²) < 4.78 is 13.9. The fraction of sp³-hybridized carbons (Fsp3) is 0.600. The van der Waals surface area contributed by atoms with Gasteiger partial charge in [-0.3, -0.25) is 4.90 Å². The van der Waals surface area contributed by atoms with Crippen LogP contribution in [0.2, 0.25) is 0 Å². The van der Waals surface area contributed by atoms with Crippen LogP contribution < -0.4 is 5.32 Å². The number of nitrogens with zero attached hydrogens (tertiary/aromatic N) is 1. The smallest absolute Gasteiger partial charge is 0.126 e. The van der Waals surface area contributed by atoms with E-state index < -0.39 is 0 Å². The van der Waals surface area contributed by atoms with Gasteiger partial charge in [-0.25, -0.2) is 4.39 Å². The summed E-state index contributed by atoms with van der Waals surface area (Å²) in [5, 5.41) is 13.4. The van der Waals surface area contributed by atoms with Crippen molar-refractivity contribution in [1.29, 1.82) is 0 Å². The molecule has 2 aliphatic rings. The van der Waals surface area contributed by atoms with E-state index in [1.165, 1.54) is 6.07 Å². The minimum Gasteiger partial charge on any atom is -0.394 e. The van der Waals surface area contributed by atoms with Crippen LogP contribution in [-0.2, 0) is 12.0 Å². The maximum Gasteiger partial charge on any atom is 0.126 e. The van der Waals surface area contributed by atoms with Gasteiger partial charge in [0.05, 0.1) is 12.1 Å². The third kappa shape index (κ3) is 2.08. The number of benzene rings is 1. The van der Waals surface area contributed by atoms with Gasteiger partial charge >= 0.3 is 0 Å². The highest BCUT2D eigenvalue weighted by Crippen LogP contribution is 2.42.